The SMILES string of the molecule is OC1CCCC(NCc2cc(Cl)cs2)C1. The predicted octanol–water partition coefficient (Wildman–Crippen LogP) is 2.79. The Kier molecular flexibility index (Phi) is 4.03. The van der Waals surface area contributed by atoms with E-state index in [1.54, 1.807) is 11.3 Å². The minimum atomic E-state index is -0.108. The molecule has 1 aromatic heterocycles. The van der Waals surface area contributed by atoms with Crippen LogP contribution in [0.3, 0.4) is 0 Å². The first kappa shape index (κ1) is 11.4. The molecule has 2 nitrogen and oxygen atoms in total. The predicted molar refractivity (Wildman–Crippen MR) is 64.4 cm³/mol. The minimum Gasteiger partial charge on any atom is -0.393 e. The van der Waals surface area contributed by atoms with E-state index in [2.05, 4.69) is 5.32 Å². The number of aliphatic hydroxyl groups is 1. The largest absolute Gasteiger partial charge is 0.393 e. The van der Waals surface area contributed by atoms with Crippen molar-refractivity contribution < 1.29 is 5.11 Å². The highest BCUT2D eigenvalue weighted by Crippen LogP contribution is 2.21. The first-order valence-electron chi connectivity index (χ1n) is 5.38. The molecule has 0 bridgehead atoms. The highest BCUT2D eigenvalue weighted by Gasteiger charge is 2.19. The minimum absolute atomic E-state index is 0.108. The van der Waals surface area contributed by atoms with Crippen molar-refractivity contribution in [2.75, 3.05) is 0 Å². The van der Waals surface area contributed by atoms with E-state index in [1.807, 2.05) is 11.4 Å². The van der Waals surface area contributed by atoms with Crippen molar-refractivity contribution in [3.63, 3.8) is 0 Å². The maximum Gasteiger partial charge on any atom is 0.0555 e. The van der Waals surface area contributed by atoms with Crippen LogP contribution in [0.5, 0.6) is 0 Å². The van der Waals surface area contributed by atoms with E-state index in [0.717, 1.165) is 30.8 Å². The van der Waals surface area contributed by atoms with Crippen LogP contribution in [0.1, 0.15) is 30.6 Å². The van der Waals surface area contributed by atoms with Gasteiger partial charge in [-0.05, 0) is 31.7 Å². The zero-order chi connectivity index (χ0) is 10.7. The molecule has 2 N–H and O–H groups in total. The van der Waals surface area contributed by atoms with Crippen molar-refractivity contribution in [3.05, 3.63) is 21.3 Å². The number of rotatable bonds is 3. The summed E-state index contributed by atoms with van der Waals surface area (Å²) in [6.07, 6.45) is 4.05. The van der Waals surface area contributed by atoms with Crippen LogP contribution in [-0.2, 0) is 6.54 Å². The molecule has 15 heavy (non-hydrogen) atoms. The monoisotopic (exact) mass is 245 g/mol. The van der Waals surface area contributed by atoms with Crippen molar-refractivity contribution in [2.45, 2.75) is 44.4 Å². The lowest BCUT2D eigenvalue weighted by atomic mass is 9.93. The number of halogens is 1. The van der Waals surface area contributed by atoms with Crippen LogP contribution in [0.2, 0.25) is 5.02 Å². The van der Waals surface area contributed by atoms with E-state index < -0.39 is 0 Å². The summed E-state index contributed by atoms with van der Waals surface area (Å²) in [6.45, 7) is 0.870. The topological polar surface area (TPSA) is 32.3 Å². The summed E-state index contributed by atoms with van der Waals surface area (Å²) in [5.74, 6) is 0. The fourth-order valence-electron chi connectivity index (χ4n) is 2.04. The van der Waals surface area contributed by atoms with Gasteiger partial charge in [0.2, 0.25) is 0 Å². The Hall–Kier alpha value is -0.0900. The zero-order valence-electron chi connectivity index (χ0n) is 8.58. The third kappa shape index (κ3) is 3.45. The van der Waals surface area contributed by atoms with Gasteiger partial charge >= 0.3 is 0 Å². The van der Waals surface area contributed by atoms with E-state index >= 15 is 0 Å². The summed E-state index contributed by atoms with van der Waals surface area (Å²) in [5.41, 5.74) is 0. The Morgan fingerprint density at radius 2 is 2.40 bits per heavy atom. The van der Waals surface area contributed by atoms with Gasteiger partial charge in [-0.2, -0.15) is 0 Å². The quantitative estimate of drug-likeness (QED) is 0.859. The molecule has 0 amide bonds. The molecule has 4 heteroatoms. The second-order valence-corrected chi connectivity index (χ2v) is 5.56. The van der Waals surface area contributed by atoms with Crippen LogP contribution in [0.4, 0.5) is 0 Å². The highest BCUT2D eigenvalue weighted by molar-refractivity contribution is 7.10. The summed E-state index contributed by atoms with van der Waals surface area (Å²) >= 11 is 7.53. The molecule has 0 spiro atoms. The first-order valence-corrected chi connectivity index (χ1v) is 6.64. The van der Waals surface area contributed by atoms with E-state index in [4.69, 9.17) is 11.6 Å². The summed E-state index contributed by atoms with van der Waals surface area (Å²) < 4.78 is 0. The van der Waals surface area contributed by atoms with Crippen LogP contribution >= 0.6 is 22.9 Å². The van der Waals surface area contributed by atoms with Gasteiger partial charge < -0.3 is 10.4 Å². The summed E-state index contributed by atoms with van der Waals surface area (Å²) in [5, 5.41) is 15.8. The van der Waals surface area contributed by atoms with Gasteiger partial charge in [-0.25, -0.2) is 0 Å². The van der Waals surface area contributed by atoms with Gasteiger partial charge in [0.15, 0.2) is 0 Å². The smallest absolute Gasteiger partial charge is 0.0555 e. The Morgan fingerprint density at radius 1 is 1.53 bits per heavy atom. The van der Waals surface area contributed by atoms with Gasteiger partial charge in [-0.15, -0.1) is 11.3 Å². The second-order valence-electron chi connectivity index (χ2n) is 4.13. The van der Waals surface area contributed by atoms with Crippen LogP contribution < -0.4 is 5.32 Å². The maximum atomic E-state index is 9.52. The van der Waals surface area contributed by atoms with Crippen LogP contribution in [0, 0.1) is 0 Å². The number of aliphatic hydroxyl groups excluding tert-OH is 1. The van der Waals surface area contributed by atoms with Crippen molar-refractivity contribution in [2.24, 2.45) is 0 Å². The van der Waals surface area contributed by atoms with E-state index in [1.165, 1.54) is 11.3 Å². The standard InChI is InChI=1S/C11H16ClNOS/c12-8-4-11(15-7-8)6-13-9-2-1-3-10(14)5-9/h4,7,9-10,13-14H,1-3,5-6H2. The maximum absolute atomic E-state index is 9.52. The molecule has 84 valence electrons. The molecule has 2 unspecified atom stereocenters. The fourth-order valence-corrected chi connectivity index (χ4v) is 3.06. The van der Waals surface area contributed by atoms with Gasteiger partial charge in [-0.3, -0.25) is 0 Å². The first-order chi connectivity index (χ1) is 7.24. The molecule has 0 aromatic carbocycles. The van der Waals surface area contributed by atoms with Gasteiger partial charge in [0, 0.05) is 22.8 Å². The van der Waals surface area contributed by atoms with Crippen molar-refractivity contribution in [1.29, 1.82) is 0 Å². The lowest BCUT2D eigenvalue weighted by molar-refractivity contribution is 0.111. The molecule has 0 radical (unpaired) electrons. The Balaban J connectivity index is 1.77. The Labute approximate surface area is 99.3 Å². The van der Waals surface area contributed by atoms with Gasteiger partial charge in [0.1, 0.15) is 0 Å². The molecule has 1 heterocycles. The molecule has 1 aliphatic rings. The van der Waals surface area contributed by atoms with E-state index in [-0.39, 0.29) is 6.10 Å². The lowest BCUT2D eigenvalue weighted by Crippen LogP contribution is -2.35. The summed E-state index contributed by atoms with van der Waals surface area (Å²) in [7, 11) is 0. The molecule has 1 aromatic rings. The molecule has 0 saturated heterocycles. The summed E-state index contributed by atoms with van der Waals surface area (Å²) in [6, 6.07) is 2.47. The lowest BCUT2D eigenvalue weighted by Gasteiger charge is -2.26. The van der Waals surface area contributed by atoms with E-state index in [0.29, 0.717) is 6.04 Å². The van der Waals surface area contributed by atoms with Crippen LogP contribution in [0.25, 0.3) is 0 Å². The number of thiophene rings is 1. The highest BCUT2D eigenvalue weighted by atomic mass is 35.5. The molecule has 2 rings (SSSR count). The zero-order valence-corrected chi connectivity index (χ0v) is 10.2. The molecule has 1 aliphatic carbocycles. The molecule has 2 atom stereocenters. The third-order valence-electron chi connectivity index (χ3n) is 2.83. The van der Waals surface area contributed by atoms with Crippen molar-refractivity contribution in [1.82, 2.24) is 5.32 Å². The van der Waals surface area contributed by atoms with Gasteiger partial charge in [0.05, 0.1) is 11.1 Å². The number of nitrogens with one attached hydrogen (secondary N) is 1. The number of hydrogen-bond acceptors (Lipinski definition) is 3. The van der Waals surface area contributed by atoms with Crippen LogP contribution in [0.15, 0.2) is 11.4 Å². The Bertz CT molecular complexity index is 315. The molecule has 1 fully saturated rings. The van der Waals surface area contributed by atoms with E-state index in [9.17, 15) is 5.11 Å². The van der Waals surface area contributed by atoms with Crippen molar-refractivity contribution in [3.8, 4) is 0 Å². The Morgan fingerprint density at radius 3 is 3.07 bits per heavy atom. The molecular formula is C11H16ClNOS. The fraction of sp³-hybridized carbons (Fsp3) is 0.636. The average molecular weight is 246 g/mol. The van der Waals surface area contributed by atoms with Gasteiger partial charge in [-0.1, -0.05) is 11.6 Å². The molecular weight excluding hydrogens is 230 g/mol. The van der Waals surface area contributed by atoms with Crippen molar-refractivity contribution >= 4 is 22.9 Å². The summed E-state index contributed by atoms with van der Waals surface area (Å²) in [4.78, 5) is 1.26. The molecule has 1 saturated carbocycles. The number of hydrogen-bond donors (Lipinski definition) is 2. The molecule has 0 aliphatic heterocycles. The third-order valence-corrected chi connectivity index (χ3v) is 4.12. The normalized spacial score (nSPS) is 26.8. The van der Waals surface area contributed by atoms with Gasteiger partial charge in [0.25, 0.3) is 0 Å². The average Bonchev–Trinajstić information content (AvgIpc) is 2.62. The van der Waals surface area contributed by atoms with Crippen LogP contribution in [-0.4, -0.2) is 17.3 Å². The second kappa shape index (κ2) is 5.30.